The largest absolute Gasteiger partial charge is 0.344 e. The summed E-state index contributed by atoms with van der Waals surface area (Å²) in [5, 5.41) is 4.86. The van der Waals surface area contributed by atoms with Gasteiger partial charge in [0.1, 0.15) is 0 Å². The number of aromatic nitrogens is 2. The van der Waals surface area contributed by atoms with Crippen LogP contribution in [0.5, 0.6) is 0 Å². The molecule has 5 rings (SSSR count). The van der Waals surface area contributed by atoms with Crippen LogP contribution >= 0.6 is 0 Å². The quantitative estimate of drug-likeness (QED) is 0.854. The summed E-state index contributed by atoms with van der Waals surface area (Å²) in [6, 6.07) is 10.5. The smallest absolute Gasteiger partial charge is 0.163 e. The van der Waals surface area contributed by atoms with E-state index in [1.54, 1.807) is 0 Å². The second-order valence-electron chi connectivity index (χ2n) is 7.17. The maximum absolute atomic E-state index is 6.13. The Balaban J connectivity index is 1.45. The molecule has 4 atom stereocenters. The number of nitrogens with zero attached hydrogens (tertiary/aromatic N) is 2. The Morgan fingerprint density at radius 3 is 2.64 bits per heavy atom. The molecule has 1 aliphatic heterocycles. The predicted molar refractivity (Wildman–Crippen MR) is 81.7 cm³/mol. The van der Waals surface area contributed by atoms with Crippen molar-refractivity contribution in [3.63, 3.8) is 0 Å². The van der Waals surface area contributed by atoms with Gasteiger partial charge in [-0.15, -0.1) is 0 Å². The lowest BCUT2D eigenvalue weighted by atomic mass is 9.93. The van der Waals surface area contributed by atoms with Crippen molar-refractivity contribution < 1.29 is 9.47 Å². The summed E-state index contributed by atoms with van der Waals surface area (Å²) >= 11 is 0. The van der Waals surface area contributed by atoms with Crippen molar-refractivity contribution in [3.8, 4) is 0 Å². The lowest BCUT2D eigenvalue weighted by Gasteiger charge is -2.20. The van der Waals surface area contributed by atoms with E-state index in [1.165, 1.54) is 16.8 Å². The van der Waals surface area contributed by atoms with E-state index in [2.05, 4.69) is 35.1 Å². The van der Waals surface area contributed by atoms with Crippen LogP contribution in [-0.2, 0) is 16.0 Å². The number of benzene rings is 1. The van der Waals surface area contributed by atoms with Gasteiger partial charge in [0.2, 0.25) is 0 Å². The van der Waals surface area contributed by atoms with E-state index in [9.17, 15) is 0 Å². The molecule has 1 aromatic carbocycles. The van der Waals surface area contributed by atoms with Crippen LogP contribution in [0.3, 0.4) is 0 Å². The summed E-state index contributed by atoms with van der Waals surface area (Å²) in [6.07, 6.45) is 3.75. The van der Waals surface area contributed by atoms with E-state index in [0.717, 1.165) is 13.0 Å². The van der Waals surface area contributed by atoms with Crippen LogP contribution in [-0.4, -0.2) is 27.8 Å². The molecular weight excluding hydrogens is 276 g/mol. The zero-order chi connectivity index (χ0) is 14.9. The summed E-state index contributed by atoms with van der Waals surface area (Å²) in [6.45, 7) is 4.85. The molecule has 1 aromatic heterocycles. The topological polar surface area (TPSA) is 36.3 Å². The highest BCUT2D eigenvalue weighted by molar-refractivity contribution is 5.40. The molecule has 1 saturated heterocycles. The lowest BCUT2D eigenvalue weighted by molar-refractivity contribution is -0.153. The van der Waals surface area contributed by atoms with Gasteiger partial charge in [-0.05, 0) is 31.4 Å². The molecule has 2 bridgehead atoms. The first-order chi connectivity index (χ1) is 10.6. The molecule has 4 nitrogen and oxygen atoms in total. The predicted octanol–water partition coefficient (Wildman–Crippen LogP) is 3.04. The Morgan fingerprint density at radius 1 is 1.14 bits per heavy atom. The summed E-state index contributed by atoms with van der Waals surface area (Å²) in [4.78, 5) is 0. The van der Waals surface area contributed by atoms with Gasteiger partial charge in [0.25, 0.3) is 0 Å². The van der Waals surface area contributed by atoms with Gasteiger partial charge >= 0.3 is 0 Å². The summed E-state index contributed by atoms with van der Waals surface area (Å²) in [5.41, 5.74) is 3.90. The van der Waals surface area contributed by atoms with Crippen molar-refractivity contribution >= 4 is 0 Å². The number of rotatable bonds is 2. The molecule has 0 radical (unpaired) electrons. The summed E-state index contributed by atoms with van der Waals surface area (Å²) in [5.74, 6) is 0.413. The van der Waals surface area contributed by atoms with Gasteiger partial charge < -0.3 is 9.47 Å². The zero-order valence-electron chi connectivity index (χ0n) is 12.9. The molecule has 2 aliphatic carbocycles. The molecule has 3 aliphatic rings. The average Bonchev–Trinajstić information content (AvgIpc) is 3.16. The third kappa shape index (κ3) is 1.74. The first kappa shape index (κ1) is 12.9. The van der Waals surface area contributed by atoms with Crippen molar-refractivity contribution in [2.24, 2.45) is 0 Å². The second kappa shape index (κ2) is 4.21. The Bertz CT molecular complexity index is 684. The van der Waals surface area contributed by atoms with E-state index in [-0.39, 0.29) is 12.2 Å². The van der Waals surface area contributed by atoms with Gasteiger partial charge in [-0.25, -0.2) is 0 Å². The maximum atomic E-state index is 6.13. The Morgan fingerprint density at radius 2 is 1.86 bits per heavy atom. The SMILES string of the molecule is CC1(C)O[C@@H]2[C@H](O1)[C@@H]1C[C@H]2c2nn(Cc3ccccc3)cc21. The molecular formula is C18H20N2O2. The molecule has 4 heteroatoms. The van der Waals surface area contributed by atoms with Crippen molar-refractivity contribution in [2.45, 2.75) is 56.6 Å². The zero-order valence-corrected chi connectivity index (χ0v) is 12.9. The van der Waals surface area contributed by atoms with Crippen LogP contribution in [0.1, 0.15) is 48.9 Å². The number of fused-ring (bicyclic) bond motifs is 8. The van der Waals surface area contributed by atoms with E-state index >= 15 is 0 Å². The molecule has 2 heterocycles. The summed E-state index contributed by atoms with van der Waals surface area (Å²) in [7, 11) is 0. The Hall–Kier alpha value is -1.65. The average molecular weight is 296 g/mol. The molecule has 22 heavy (non-hydrogen) atoms. The second-order valence-corrected chi connectivity index (χ2v) is 7.17. The van der Waals surface area contributed by atoms with E-state index in [0.29, 0.717) is 11.8 Å². The van der Waals surface area contributed by atoms with Gasteiger partial charge in [-0.2, -0.15) is 5.10 Å². The van der Waals surface area contributed by atoms with E-state index in [1.807, 2.05) is 19.9 Å². The van der Waals surface area contributed by atoms with Crippen LogP contribution < -0.4 is 0 Å². The third-order valence-corrected chi connectivity index (χ3v) is 5.22. The van der Waals surface area contributed by atoms with Crippen LogP contribution in [0.2, 0.25) is 0 Å². The maximum Gasteiger partial charge on any atom is 0.163 e. The first-order valence-electron chi connectivity index (χ1n) is 8.07. The number of ether oxygens (including phenoxy) is 2. The Labute approximate surface area is 130 Å². The van der Waals surface area contributed by atoms with Crippen molar-refractivity contribution in [2.75, 3.05) is 0 Å². The molecule has 114 valence electrons. The third-order valence-electron chi connectivity index (χ3n) is 5.22. The molecule has 0 amide bonds. The number of hydrogen-bond acceptors (Lipinski definition) is 3. The monoisotopic (exact) mass is 296 g/mol. The molecule has 2 fully saturated rings. The van der Waals surface area contributed by atoms with Crippen LogP contribution in [0.25, 0.3) is 0 Å². The first-order valence-corrected chi connectivity index (χ1v) is 8.07. The van der Waals surface area contributed by atoms with Gasteiger partial charge in [0.15, 0.2) is 5.79 Å². The van der Waals surface area contributed by atoms with Gasteiger partial charge in [0.05, 0.1) is 24.4 Å². The molecule has 0 N–H and O–H groups in total. The highest BCUT2D eigenvalue weighted by atomic mass is 16.8. The normalized spacial score (nSPS) is 33.9. The van der Waals surface area contributed by atoms with Crippen LogP contribution in [0.15, 0.2) is 36.5 Å². The summed E-state index contributed by atoms with van der Waals surface area (Å²) < 4.78 is 14.3. The minimum Gasteiger partial charge on any atom is -0.344 e. The minimum atomic E-state index is -0.449. The van der Waals surface area contributed by atoms with Crippen molar-refractivity contribution in [1.82, 2.24) is 9.78 Å². The highest BCUT2D eigenvalue weighted by Gasteiger charge is 2.60. The van der Waals surface area contributed by atoms with Gasteiger partial charge in [-0.1, -0.05) is 30.3 Å². The molecule has 2 aromatic rings. The van der Waals surface area contributed by atoms with E-state index < -0.39 is 5.79 Å². The van der Waals surface area contributed by atoms with Gasteiger partial charge in [-0.3, -0.25) is 4.68 Å². The molecule has 1 saturated carbocycles. The Kier molecular flexibility index (Phi) is 2.46. The van der Waals surface area contributed by atoms with Crippen LogP contribution in [0, 0.1) is 0 Å². The number of hydrogen-bond donors (Lipinski definition) is 0. The lowest BCUT2D eigenvalue weighted by Crippen LogP contribution is -2.28. The standard InChI is InChI=1S/C18H20N2O2/c1-18(2)21-16-12-8-13(17(16)22-18)15-14(12)10-20(19-15)9-11-6-4-3-5-7-11/h3-7,10,12-13,16-17H,8-9H2,1-2H3/t12-,13+,16-,17+/m1/s1. The fraction of sp³-hybridized carbons (Fsp3) is 0.500. The molecule has 0 unspecified atom stereocenters. The van der Waals surface area contributed by atoms with Gasteiger partial charge in [0, 0.05) is 18.0 Å². The fourth-order valence-electron chi connectivity index (χ4n) is 4.43. The van der Waals surface area contributed by atoms with E-state index in [4.69, 9.17) is 14.6 Å². The minimum absolute atomic E-state index is 0.188. The van der Waals surface area contributed by atoms with Crippen LogP contribution in [0.4, 0.5) is 0 Å². The van der Waals surface area contributed by atoms with Crippen molar-refractivity contribution in [1.29, 1.82) is 0 Å². The fourth-order valence-corrected chi connectivity index (χ4v) is 4.43. The molecule has 0 spiro atoms. The van der Waals surface area contributed by atoms with Crippen molar-refractivity contribution in [3.05, 3.63) is 53.3 Å². The highest BCUT2D eigenvalue weighted by Crippen LogP contribution is 2.58.